The topological polar surface area (TPSA) is 18.5 Å². The number of halogens is 1. The normalized spacial score (nSPS) is 11.7. The summed E-state index contributed by atoms with van der Waals surface area (Å²) >= 11 is 5.83. The van der Waals surface area contributed by atoms with Crippen molar-refractivity contribution in [3.05, 3.63) is 34.9 Å². The SMILES string of the molecule is CCOC(C)OCC#Cc1cccc(Cl)c1. The summed E-state index contributed by atoms with van der Waals surface area (Å²) in [6.07, 6.45) is -0.210. The van der Waals surface area contributed by atoms with Gasteiger partial charge in [-0.1, -0.05) is 29.5 Å². The number of hydrogen-bond acceptors (Lipinski definition) is 2. The fraction of sp³-hybridized carbons (Fsp3) is 0.385. The highest BCUT2D eigenvalue weighted by atomic mass is 35.5. The van der Waals surface area contributed by atoms with Gasteiger partial charge in [-0.05, 0) is 32.0 Å². The second-order valence-electron chi connectivity index (χ2n) is 3.15. The maximum Gasteiger partial charge on any atom is 0.156 e. The Morgan fingerprint density at radius 2 is 2.19 bits per heavy atom. The second-order valence-corrected chi connectivity index (χ2v) is 3.58. The third kappa shape index (κ3) is 5.18. The first-order chi connectivity index (χ1) is 7.72. The van der Waals surface area contributed by atoms with Gasteiger partial charge in [0.2, 0.25) is 0 Å². The van der Waals surface area contributed by atoms with Crippen LogP contribution in [-0.2, 0) is 9.47 Å². The molecule has 1 rings (SSSR count). The number of ether oxygens (including phenoxy) is 2. The van der Waals surface area contributed by atoms with Gasteiger partial charge >= 0.3 is 0 Å². The van der Waals surface area contributed by atoms with E-state index in [1.54, 1.807) is 0 Å². The summed E-state index contributed by atoms with van der Waals surface area (Å²) in [5, 5.41) is 0.690. The van der Waals surface area contributed by atoms with Crippen LogP contribution in [0.2, 0.25) is 5.02 Å². The van der Waals surface area contributed by atoms with Crippen LogP contribution in [0.4, 0.5) is 0 Å². The van der Waals surface area contributed by atoms with Crippen LogP contribution in [-0.4, -0.2) is 19.5 Å². The highest BCUT2D eigenvalue weighted by Gasteiger charge is 1.96. The molecule has 0 aliphatic rings. The molecule has 16 heavy (non-hydrogen) atoms. The summed E-state index contributed by atoms with van der Waals surface area (Å²) in [5.41, 5.74) is 0.889. The van der Waals surface area contributed by atoms with E-state index in [-0.39, 0.29) is 6.29 Å². The lowest BCUT2D eigenvalue weighted by Crippen LogP contribution is -2.12. The van der Waals surface area contributed by atoms with Gasteiger partial charge in [0.1, 0.15) is 6.61 Å². The van der Waals surface area contributed by atoms with Crippen molar-refractivity contribution in [2.24, 2.45) is 0 Å². The van der Waals surface area contributed by atoms with Crippen molar-refractivity contribution in [3.63, 3.8) is 0 Å². The van der Waals surface area contributed by atoms with E-state index in [0.717, 1.165) is 5.56 Å². The Balaban J connectivity index is 2.38. The minimum atomic E-state index is -0.210. The van der Waals surface area contributed by atoms with E-state index >= 15 is 0 Å². The molecular formula is C13H15ClO2. The third-order valence-corrected chi connectivity index (χ3v) is 2.08. The molecule has 0 fully saturated rings. The molecule has 1 aromatic carbocycles. The van der Waals surface area contributed by atoms with Gasteiger partial charge in [0.15, 0.2) is 6.29 Å². The Morgan fingerprint density at radius 1 is 1.38 bits per heavy atom. The van der Waals surface area contributed by atoms with Gasteiger partial charge in [-0.15, -0.1) is 0 Å². The standard InChI is InChI=1S/C13H15ClO2/c1-3-15-11(2)16-9-5-7-12-6-4-8-13(14)10-12/h4,6,8,10-11H,3,9H2,1-2H3. The van der Waals surface area contributed by atoms with Crippen LogP contribution < -0.4 is 0 Å². The quantitative estimate of drug-likeness (QED) is 0.593. The van der Waals surface area contributed by atoms with Gasteiger partial charge in [0.25, 0.3) is 0 Å². The van der Waals surface area contributed by atoms with E-state index in [1.807, 2.05) is 38.1 Å². The van der Waals surface area contributed by atoms with Crippen LogP contribution >= 0.6 is 11.6 Å². The number of benzene rings is 1. The van der Waals surface area contributed by atoms with Crippen molar-refractivity contribution in [2.75, 3.05) is 13.2 Å². The van der Waals surface area contributed by atoms with Crippen molar-refractivity contribution >= 4 is 11.6 Å². The van der Waals surface area contributed by atoms with Crippen molar-refractivity contribution < 1.29 is 9.47 Å². The highest BCUT2D eigenvalue weighted by molar-refractivity contribution is 6.30. The Kier molecular flexibility index (Phi) is 5.95. The molecule has 0 amide bonds. The van der Waals surface area contributed by atoms with Gasteiger partial charge in [0.05, 0.1) is 0 Å². The van der Waals surface area contributed by atoms with Gasteiger partial charge in [-0.25, -0.2) is 0 Å². The molecule has 3 heteroatoms. The van der Waals surface area contributed by atoms with Crippen LogP contribution in [0.25, 0.3) is 0 Å². The zero-order valence-corrected chi connectivity index (χ0v) is 10.3. The molecule has 2 nitrogen and oxygen atoms in total. The molecule has 0 aliphatic carbocycles. The summed E-state index contributed by atoms with van der Waals surface area (Å²) in [5.74, 6) is 5.88. The van der Waals surface area contributed by atoms with E-state index in [0.29, 0.717) is 18.2 Å². The third-order valence-electron chi connectivity index (χ3n) is 1.85. The average Bonchev–Trinajstić information content (AvgIpc) is 2.25. The largest absolute Gasteiger partial charge is 0.353 e. The van der Waals surface area contributed by atoms with Crippen LogP contribution in [0.15, 0.2) is 24.3 Å². The summed E-state index contributed by atoms with van der Waals surface area (Å²) in [6.45, 7) is 4.78. The second kappa shape index (κ2) is 7.29. The van der Waals surface area contributed by atoms with Crippen LogP contribution in [0.3, 0.4) is 0 Å². The van der Waals surface area contributed by atoms with Crippen molar-refractivity contribution in [1.29, 1.82) is 0 Å². The minimum absolute atomic E-state index is 0.210. The lowest BCUT2D eigenvalue weighted by Gasteiger charge is -2.09. The molecule has 0 aromatic heterocycles. The molecule has 1 aromatic rings. The fourth-order valence-corrected chi connectivity index (χ4v) is 1.34. The molecule has 0 N–H and O–H groups in total. The van der Waals surface area contributed by atoms with Gasteiger partial charge in [0, 0.05) is 17.2 Å². The first-order valence-electron chi connectivity index (χ1n) is 5.20. The highest BCUT2D eigenvalue weighted by Crippen LogP contribution is 2.09. The number of rotatable bonds is 4. The molecule has 0 radical (unpaired) electrons. The van der Waals surface area contributed by atoms with Crippen LogP contribution in [0.1, 0.15) is 19.4 Å². The van der Waals surface area contributed by atoms with Gasteiger partial charge in [-0.3, -0.25) is 0 Å². The first-order valence-corrected chi connectivity index (χ1v) is 5.58. The summed E-state index contributed by atoms with van der Waals surface area (Å²) < 4.78 is 10.5. The van der Waals surface area contributed by atoms with Crippen molar-refractivity contribution in [2.45, 2.75) is 20.1 Å². The molecule has 1 atom stereocenters. The Hall–Kier alpha value is -1.01. The molecule has 0 spiro atoms. The maximum absolute atomic E-state index is 5.83. The molecule has 0 heterocycles. The average molecular weight is 239 g/mol. The summed E-state index contributed by atoms with van der Waals surface area (Å²) in [4.78, 5) is 0. The van der Waals surface area contributed by atoms with Crippen molar-refractivity contribution in [3.8, 4) is 11.8 Å². The lowest BCUT2D eigenvalue weighted by atomic mass is 10.2. The summed E-state index contributed by atoms with van der Waals surface area (Å²) in [6, 6.07) is 7.42. The smallest absolute Gasteiger partial charge is 0.156 e. The van der Waals surface area contributed by atoms with Crippen LogP contribution in [0, 0.1) is 11.8 Å². The molecule has 0 bridgehead atoms. The van der Waals surface area contributed by atoms with E-state index in [9.17, 15) is 0 Å². The Morgan fingerprint density at radius 3 is 2.88 bits per heavy atom. The predicted molar refractivity (Wildman–Crippen MR) is 65.4 cm³/mol. The molecular weight excluding hydrogens is 224 g/mol. The Bertz CT molecular complexity index is 379. The molecule has 0 saturated carbocycles. The number of hydrogen-bond donors (Lipinski definition) is 0. The fourth-order valence-electron chi connectivity index (χ4n) is 1.15. The predicted octanol–water partition coefficient (Wildman–Crippen LogP) is 3.09. The zero-order valence-electron chi connectivity index (χ0n) is 9.50. The first kappa shape index (κ1) is 13.1. The molecule has 1 unspecified atom stereocenters. The maximum atomic E-state index is 5.83. The van der Waals surface area contributed by atoms with Gasteiger partial charge in [-0.2, -0.15) is 0 Å². The van der Waals surface area contributed by atoms with Crippen molar-refractivity contribution in [1.82, 2.24) is 0 Å². The minimum Gasteiger partial charge on any atom is -0.353 e. The van der Waals surface area contributed by atoms with Gasteiger partial charge < -0.3 is 9.47 Å². The van der Waals surface area contributed by atoms with E-state index in [1.165, 1.54) is 0 Å². The molecule has 86 valence electrons. The van der Waals surface area contributed by atoms with E-state index in [4.69, 9.17) is 21.1 Å². The van der Waals surface area contributed by atoms with E-state index < -0.39 is 0 Å². The Labute approximate surface area is 102 Å². The molecule has 0 aliphatic heterocycles. The lowest BCUT2D eigenvalue weighted by molar-refractivity contribution is -0.117. The van der Waals surface area contributed by atoms with E-state index in [2.05, 4.69) is 11.8 Å². The summed E-state index contributed by atoms with van der Waals surface area (Å²) in [7, 11) is 0. The van der Waals surface area contributed by atoms with Crippen LogP contribution in [0.5, 0.6) is 0 Å². The molecule has 0 saturated heterocycles. The zero-order chi connectivity index (χ0) is 11.8. The monoisotopic (exact) mass is 238 g/mol.